The molecule has 1 heterocycles. The van der Waals surface area contributed by atoms with Gasteiger partial charge in [0.15, 0.2) is 0 Å². The van der Waals surface area contributed by atoms with Crippen LogP contribution in [0.4, 0.5) is 0 Å². The molecule has 1 rings (SSSR count). The predicted octanol–water partition coefficient (Wildman–Crippen LogP) is 2.55. The van der Waals surface area contributed by atoms with Crippen LogP contribution in [0.1, 0.15) is 12.7 Å². The van der Waals surface area contributed by atoms with Gasteiger partial charge in [-0.3, -0.25) is 0 Å². The lowest BCUT2D eigenvalue weighted by atomic mass is 10.6. The first-order chi connectivity index (χ1) is 5.24. The summed E-state index contributed by atoms with van der Waals surface area (Å²) < 4.78 is 0. The van der Waals surface area contributed by atoms with Crippen LogP contribution in [0.15, 0.2) is 11.1 Å². The van der Waals surface area contributed by atoms with Crippen molar-refractivity contribution in [1.82, 2.24) is 9.97 Å². The molecule has 0 atom stereocenters. The fourth-order valence-corrected chi connectivity index (χ4v) is 1.62. The minimum atomic E-state index is 0.560. The fourth-order valence-electron chi connectivity index (χ4n) is 0.684. The molecule has 0 saturated carbocycles. The average molecular weight is 189 g/mol. The van der Waals surface area contributed by atoms with Gasteiger partial charge in [-0.25, -0.2) is 9.97 Å². The van der Waals surface area contributed by atoms with Crippen LogP contribution in [0.3, 0.4) is 0 Å². The van der Waals surface area contributed by atoms with Crippen LogP contribution in [-0.2, 0) is 0 Å². The Morgan fingerprint density at radius 1 is 1.64 bits per heavy atom. The summed E-state index contributed by atoms with van der Waals surface area (Å²) >= 11 is 7.49. The van der Waals surface area contributed by atoms with Gasteiger partial charge in [0.05, 0.1) is 4.90 Å². The van der Waals surface area contributed by atoms with Crippen LogP contribution in [-0.4, -0.2) is 15.7 Å². The van der Waals surface area contributed by atoms with Gasteiger partial charge in [0, 0.05) is 6.20 Å². The highest BCUT2D eigenvalue weighted by Gasteiger charge is 2.00. The average Bonchev–Trinajstić information content (AvgIpc) is 1.95. The van der Waals surface area contributed by atoms with E-state index in [4.69, 9.17) is 11.6 Å². The molecule has 4 heteroatoms. The summed E-state index contributed by atoms with van der Waals surface area (Å²) in [7, 11) is 0. The highest BCUT2D eigenvalue weighted by Crippen LogP contribution is 2.23. The van der Waals surface area contributed by atoms with Gasteiger partial charge in [-0.1, -0.05) is 18.5 Å². The zero-order chi connectivity index (χ0) is 8.27. The molecule has 11 heavy (non-hydrogen) atoms. The van der Waals surface area contributed by atoms with Gasteiger partial charge < -0.3 is 0 Å². The molecule has 0 bridgehead atoms. The van der Waals surface area contributed by atoms with Crippen molar-refractivity contribution < 1.29 is 0 Å². The zero-order valence-electron chi connectivity index (χ0n) is 6.47. The maximum Gasteiger partial charge on any atom is 0.146 e. The highest BCUT2D eigenvalue weighted by atomic mass is 35.5. The number of aryl methyl sites for hydroxylation is 1. The Bertz CT molecular complexity index is 252. The Morgan fingerprint density at radius 2 is 2.36 bits per heavy atom. The second-order valence-electron chi connectivity index (χ2n) is 2.01. The van der Waals surface area contributed by atoms with Crippen LogP contribution < -0.4 is 0 Å². The van der Waals surface area contributed by atoms with Crippen LogP contribution in [0, 0.1) is 6.92 Å². The molecule has 0 fully saturated rings. The monoisotopic (exact) mass is 188 g/mol. The second-order valence-corrected chi connectivity index (χ2v) is 3.67. The summed E-state index contributed by atoms with van der Waals surface area (Å²) in [6, 6.07) is 0. The van der Waals surface area contributed by atoms with Crippen molar-refractivity contribution in [2.45, 2.75) is 18.7 Å². The molecule has 0 spiro atoms. The molecule has 2 nitrogen and oxygen atoms in total. The van der Waals surface area contributed by atoms with Gasteiger partial charge >= 0.3 is 0 Å². The summed E-state index contributed by atoms with van der Waals surface area (Å²) in [6.45, 7) is 3.90. The number of hydrogen-bond donors (Lipinski definition) is 0. The molecule has 60 valence electrons. The van der Waals surface area contributed by atoms with E-state index < -0.39 is 0 Å². The summed E-state index contributed by atoms with van der Waals surface area (Å²) in [4.78, 5) is 9.03. The summed E-state index contributed by atoms with van der Waals surface area (Å²) in [6.07, 6.45) is 1.76. The molecule has 0 radical (unpaired) electrons. The van der Waals surface area contributed by atoms with Crippen LogP contribution in [0.25, 0.3) is 0 Å². The van der Waals surface area contributed by atoms with Crippen molar-refractivity contribution in [1.29, 1.82) is 0 Å². The van der Waals surface area contributed by atoms with Crippen LogP contribution in [0.2, 0.25) is 5.15 Å². The van der Waals surface area contributed by atoms with E-state index in [1.54, 1.807) is 18.0 Å². The molecule has 1 aromatic rings. The number of thioether (sulfide) groups is 1. The summed E-state index contributed by atoms with van der Waals surface area (Å²) in [5, 5.41) is 0.560. The van der Waals surface area contributed by atoms with Crippen molar-refractivity contribution in [2.24, 2.45) is 0 Å². The first-order valence-corrected chi connectivity index (χ1v) is 4.72. The molecule has 1 aromatic heterocycles. The maximum absolute atomic E-state index is 5.84. The van der Waals surface area contributed by atoms with Crippen molar-refractivity contribution in [3.05, 3.63) is 17.2 Å². The first kappa shape index (κ1) is 8.81. The lowest BCUT2D eigenvalue weighted by Gasteiger charge is -1.99. The van der Waals surface area contributed by atoms with Gasteiger partial charge in [-0.2, -0.15) is 0 Å². The summed E-state index contributed by atoms with van der Waals surface area (Å²) in [5.41, 5.74) is 0. The molecular formula is C7H9ClN2S. The maximum atomic E-state index is 5.84. The van der Waals surface area contributed by atoms with Gasteiger partial charge in [-0.15, -0.1) is 11.8 Å². The Kier molecular flexibility index (Phi) is 3.15. The zero-order valence-corrected chi connectivity index (χ0v) is 8.04. The Balaban J connectivity index is 2.90. The Labute approximate surface area is 75.4 Å². The molecule has 0 aromatic carbocycles. The number of rotatable bonds is 2. The minimum absolute atomic E-state index is 0.560. The Hall–Kier alpha value is -0.280. The van der Waals surface area contributed by atoms with Crippen molar-refractivity contribution >= 4 is 23.4 Å². The normalized spacial score (nSPS) is 10.1. The van der Waals surface area contributed by atoms with Crippen LogP contribution >= 0.6 is 23.4 Å². The standard InChI is InChI=1S/C7H9ClN2S/c1-3-11-6-4-9-5(2)10-7(6)8/h4H,3H2,1-2H3. The third-order valence-corrected chi connectivity index (χ3v) is 2.43. The molecule has 0 aliphatic rings. The topological polar surface area (TPSA) is 25.8 Å². The van der Waals surface area contributed by atoms with E-state index in [9.17, 15) is 0 Å². The lowest BCUT2D eigenvalue weighted by Crippen LogP contribution is -1.88. The van der Waals surface area contributed by atoms with Gasteiger partial charge in [0.25, 0.3) is 0 Å². The smallest absolute Gasteiger partial charge is 0.146 e. The number of aromatic nitrogens is 2. The third kappa shape index (κ3) is 2.34. The Morgan fingerprint density at radius 3 is 2.91 bits per heavy atom. The number of hydrogen-bond acceptors (Lipinski definition) is 3. The van der Waals surface area contributed by atoms with E-state index in [0.29, 0.717) is 5.15 Å². The van der Waals surface area contributed by atoms with E-state index >= 15 is 0 Å². The molecular weight excluding hydrogens is 180 g/mol. The van der Waals surface area contributed by atoms with E-state index in [2.05, 4.69) is 16.9 Å². The molecule has 0 saturated heterocycles. The van der Waals surface area contributed by atoms with Crippen molar-refractivity contribution in [3.63, 3.8) is 0 Å². The second kappa shape index (κ2) is 3.93. The largest absolute Gasteiger partial charge is 0.240 e. The van der Waals surface area contributed by atoms with E-state index in [-0.39, 0.29) is 0 Å². The van der Waals surface area contributed by atoms with Gasteiger partial charge in [0.2, 0.25) is 0 Å². The SMILES string of the molecule is CCSc1cnc(C)nc1Cl. The van der Waals surface area contributed by atoms with E-state index in [0.717, 1.165) is 16.5 Å². The third-order valence-electron chi connectivity index (χ3n) is 1.13. The molecule has 0 N–H and O–H groups in total. The van der Waals surface area contributed by atoms with Gasteiger partial charge in [-0.05, 0) is 12.7 Å². The minimum Gasteiger partial charge on any atom is -0.240 e. The number of halogens is 1. The molecule has 0 aliphatic carbocycles. The van der Waals surface area contributed by atoms with Gasteiger partial charge in [0.1, 0.15) is 11.0 Å². The van der Waals surface area contributed by atoms with E-state index in [1.165, 1.54) is 0 Å². The molecule has 0 amide bonds. The number of nitrogens with zero attached hydrogens (tertiary/aromatic N) is 2. The van der Waals surface area contributed by atoms with Crippen LogP contribution in [0.5, 0.6) is 0 Å². The van der Waals surface area contributed by atoms with E-state index in [1.807, 2.05) is 6.92 Å². The summed E-state index contributed by atoms with van der Waals surface area (Å²) in [5.74, 6) is 1.71. The van der Waals surface area contributed by atoms with Crippen molar-refractivity contribution in [2.75, 3.05) is 5.75 Å². The quantitative estimate of drug-likeness (QED) is 0.527. The first-order valence-electron chi connectivity index (χ1n) is 3.36. The predicted molar refractivity (Wildman–Crippen MR) is 48.2 cm³/mol. The fraction of sp³-hybridized carbons (Fsp3) is 0.429. The van der Waals surface area contributed by atoms with Crippen molar-refractivity contribution in [3.8, 4) is 0 Å². The lowest BCUT2D eigenvalue weighted by molar-refractivity contribution is 1.01. The highest BCUT2D eigenvalue weighted by molar-refractivity contribution is 7.99. The molecule has 0 aliphatic heterocycles. The molecule has 0 unspecified atom stereocenters.